The SMILES string of the molecule is O=C1N2Cc3ccccc3CN3C(=O)N4Cc5ccccc5CN1C4(c1ccccc1)C23c1ccccc1. The number of nitrogens with zero attached hydrogens (tertiary/aromatic N) is 4. The van der Waals surface area contributed by atoms with Crippen LogP contribution in [0.2, 0.25) is 0 Å². The maximum absolute atomic E-state index is 14.8. The third-order valence-corrected chi connectivity index (χ3v) is 8.88. The third kappa shape index (κ3) is 2.38. The lowest BCUT2D eigenvalue weighted by Crippen LogP contribution is -2.62. The molecule has 4 aromatic carbocycles. The van der Waals surface area contributed by atoms with E-state index in [-0.39, 0.29) is 12.1 Å². The molecule has 0 unspecified atom stereocenters. The minimum Gasteiger partial charge on any atom is -0.289 e. The quantitative estimate of drug-likeness (QED) is 0.362. The number of fused-ring (bicyclic) bond motifs is 2. The lowest BCUT2D eigenvalue weighted by molar-refractivity contribution is -0.0793. The van der Waals surface area contributed by atoms with Crippen LogP contribution in [0.25, 0.3) is 0 Å². The standard InChI is InChI=1S/C32H26N4O2/c37-29-33-19-23-11-7-8-12-24(23)20-34-30(38)36-22-26-14-10-9-13-25(26)21-35(29)32(36,28-17-5-2-6-18-28)31(33,34)27-15-3-1-4-16-27/h1-18H,19-22H2. The summed E-state index contributed by atoms with van der Waals surface area (Å²) in [5.41, 5.74) is 4.05. The van der Waals surface area contributed by atoms with Gasteiger partial charge in [0.15, 0.2) is 11.3 Å². The van der Waals surface area contributed by atoms with Crippen molar-refractivity contribution in [1.29, 1.82) is 0 Å². The van der Waals surface area contributed by atoms with Gasteiger partial charge < -0.3 is 0 Å². The fourth-order valence-corrected chi connectivity index (χ4v) is 7.40. The van der Waals surface area contributed by atoms with Crippen molar-refractivity contribution in [3.05, 3.63) is 143 Å². The van der Waals surface area contributed by atoms with Crippen LogP contribution in [-0.2, 0) is 37.5 Å². The van der Waals surface area contributed by atoms with E-state index in [0.29, 0.717) is 26.2 Å². The van der Waals surface area contributed by atoms with Crippen LogP contribution >= 0.6 is 0 Å². The van der Waals surface area contributed by atoms with Crippen LogP contribution in [0.4, 0.5) is 9.59 Å². The summed E-state index contributed by atoms with van der Waals surface area (Å²) in [5.74, 6) is 0. The first-order valence-electron chi connectivity index (χ1n) is 13.1. The van der Waals surface area contributed by atoms with Crippen molar-refractivity contribution in [3.63, 3.8) is 0 Å². The zero-order valence-corrected chi connectivity index (χ0v) is 20.8. The van der Waals surface area contributed by atoms with Gasteiger partial charge >= 0.3 is 12.1 Å². The summed E-state index contributed by atoms with van der Waals surface area (Å²) in [4.78, 5) is 37.5. The molecule has 4 aliphatic heterocycles. The molecule has 0 spiro atoms. The van der Waals surface area contributed by atoms with Gasteiger partial charge in [0, 0.05) is 11.1 Å². The summed E-state index contributed by atoms with van der Waals surface area (Å²) in [6, 6.07) is 36.6. The van der Waals surface area contributed by atoms with Gasteiger partial charge in [0.25, 0.3) is 0 Å². The van der Waals surface area contributed by atoms with Gasteiger partial charge in [-0.15, -0.1) is 0 Å². The molecule has 6 heteroatoms. The van der Waals surface area contributed by atoms with Crippen molar-refractivity contribution in [2.24, 2.45) is 0 Å². The lowest BCUT2D eigenvalue weighted by Gasteiger charge is -2.49. The van der Waals surface area contributed by atoms with E-state index in [1.807, 2.05) is 80.3 Å². The highest BCUT2D eigenvalue weighted by Gasteiger charge is 2.80. The molecule has 0 radical (unpaired) electrons. The maximum atomic E-state index is 14.8. The predicted octanol–water partition coefficient (Wildman–Crippen LogP) is 5.60. The Balaban J connectivity index is 1.53. The lowest BCUT2D eigenvalue weighted by atomic mass is 9.79. The summed E-state index contributed by atoms with van der Waals surface area (Å²) in [5, 5.41) is 0. The second-order valence-corrected chi connectivity index (χ2v) is 10.5. The minimum absolute atomic E-state index is 0.0615. The van der Waals surface area contributed by atoms with Crippen LogP contribution in [-0.4, -0.2) is 31.7 Å². The highest BCUT2D eigenvalue weighted by molar-refractivity contribution is 5.90. The largest absolute Gasteiger partial charge is 0.325 e. The van der Waals surface area contributed by atoms with Crippen LogP contribution in [0.5, 0.6) is 0 Å². The zero-order valence-electron chi connectivity index (χ0n) is 20.8. The van der Waals surface area contributed by atoms with Crippen molar-refractivity contribution in [3.8, 4) is 0 Å². The van der Waals surface area contributed by atoms with E-state index < -0.39 is 11.3 Å². The summed E-state index contributed by atoms with van der Waals surface area (Å²) >= 11 is 0. The maximum Gasteiger partial charge on any atom is 0.325 e. The number of carbonyl (C=O) groups is 2. The molecular formula is C32H26N4O2. The van der Waals surface area contributed by atoms with Crippen molar-refractivity contribution >= 4 is 12.1 Å². The highest BCUT2D eigenvalue weighted by Crippen LogP contribution is 2.65. The Kier molecular flexibility index (Phi) is 4.23. The van der Waals surface area contributed by atoms with Gasteiger partial charge in [-0.2, -0.15) is 0 Å². The van der Waals surface area contributed by atoms with Crippen LogP contribution < -0.4 is 0 Å². The van der Waals surface area contributed by atoms with E-state index in [1.165, 1.54) is 0 Å². The summed E-state index contributed by atoms with van der Waals surface area (Å²) in [6.45, 7) is 1.70. The summed E-state index contributed by atoms with van der Waals surface area (Å²) in [7, 11) is 0. The van der Waals surface area contributed by atoms with Gasteiger partial charge in [0.1, 0.15) is 0 Å². The van der Waals surface area contributed by atoms with E-state index >= 15 is 0 Å². The molecule has 4 aliphatic rings. The number of amides is 4. The van der Waals surface area contributed by atoms with Gasteiger partial charge in [-0.1, -0.05) is 109 Å². The average molecular weight is 499 g/mol. The second kappa shape index (κ2) is 7.48. The topological polar surface area (TPSA) is 47.1 Å². The van der Waals surface area contributed by atoms with E-state index in [4.69, 9.17) is 0 Å². The number of carbonyl (C=O) groups excluding carboxylic acids is 2. The molecule has 4 aromatic rings. The number of rotatable bonds is 2. The van der Waals surface area contributed by atoms with Gasteiger partial charge in [-0.3, -0.25) is 19.6 Å². The fourth-order valence-electron chi connectivity index (χ4n) is 7.40. The van der Waals surface area contributed by atoms with E-state index in [2.05, 4.69) is 48.5 Å². The number of hydrogen-bond donors (Lipinski definition) is 0. The van der Waals surface area contributed by atoms with Crippen molar-refractivity contribution in [2.45, 2.75) is 37.5 Å². The molecule has 2 saturated heterocycles. The van der Waals surface area contributed by atoms with Crippen molar-refractivity contribution in [1.82, 2.24) is 19.6 Å². The number of urea groups is 2. The molecular weight excluding hydrogens is 472 g/mol. The Hall–Kier alpha value is -4.58. The first kappa shape index (κ1) is 21.5. The molecule has 186 valence electrons. The molecule has 0 saturated carbocycles. The first-order chi connectivity index (χ1) is 18.7. The molecule has 0 aliphatic carbocycles. The highest BCUT2D eigenvalue weighted by atomic mass is 16.2. The Labute approximate surface area is 221 Å². The van der Waals surface area contributed by atoms with Gasteiger partial charge in [0.05, 0.1) is 26.2 Å². The summed E-state index contributed by atoms with van der Waals surface area (Å²) < 4.78 is 0. The minimum atomic E-state index is -1.06. The van der Waals surface area contributed by atoms with Gasteiger partial charge in [-0.25, -0.2) is 9.59 Å². The van der Waals surface area contributed by atoms with Crippen LogP contribution in [0.3, 0.4) is 0 Å². The molecule has 0 aromatic heterocycles. The molecule has 0 atom stereocenters. The predicted molar refractivity (Wildman–Crippen MR) is 142 cm³/mol. The molecule has 8 rings (SSSR count). The van der Waals surface area contributed by atoms with Gasteiger partial charge in [-0.05, 0) is 22.3 Å². The van der Waals surface area contributed by atoms with Crippen LogP contribution in [0.15, 0.2) is 109 Å². The monoisotopic (exact) mass is 498 g/mol. The number of benzene rings is 4. The third-order valence-electron chi connectivity index (χ3n) is 8.88. The van der Waals surface area contributed by atoms with E-state index in [1.54, 1.807) is 0 Å². The Morgan fingerprint density at radius 1 is 0.395 bits per heavy atom. The average Bonchev–Trinajstić information content (AvgIpc) is 3.14. The van der Waals surface area contributed by atoms with Gasteiger partial charge in [0.2, 0.25) is 0 Å². The summed E-state index contributed by atoms with van der Waals surface area (Å²) in [6.07, 6.45) is 0. The van der Waals surface area contributed by atoms with Crippen LogP contribution in [0, 0.1) is 0 Å². The first-order valence-corrected chi connectivity index (χ1v) is 13.1. The van der Waals surface area contributed by atoms with Crippen molar-refractivity contribution < 1.29 is 9.59 Å². The van der Waals surface area contributed by atoms with Crippen LogP contribution in [0.1, 0.15) is 33.4 Å². The molecule has 0 N–H and O–H groups in total. The van der Waals surface area contributed by atoms with Crippen molar-refractivity contribution in [2.75, 3.05) is 0 Å². The number of hydrogen-bond acceptors (Lipinski definition) is 2. The Morgan fingerprint density at radius 2 is 0.658 bits per heavy atom. The molecule has 2 fully saturated rings. The molecule has 6 nitrogen and oxygen atoms in total. The van der Waals surface area contributed by atoms with E-state index in [9.17, 15) is 9.59 Å². The molecule has 38 heavy (non-hydrogen) atoms. The smallest absolute Gasteiger partial charge is 0.289 e. The Bertz CT molecular complexity index is 1410. The normalized spacial score (nSPS) is 25.1. The molecule has 4 amide bonds. The fraction of sp³-hybridized carbons (Fsp3) is 0.188. The Morgan fingerprint density at radius 3 is 0.947 bits per heavy atom. The molecule has 4 heterocycles. The zero-order chi connectivity index (χ0) is 25.5. The molecule has 0 bridgehead atoms. The van der Waals surface area contributed by atoms with E-state index in [0.717, 1.165) is 33.4 Å². The second-order valence-electron chi connectivity index (χ2n) is 10.5.